The van der Waals surface area contributed by atoms with Crippen molar-refractivity contribution < 1.29 is 8.42 Å². The van der Waals surface area contributed by atoms with Crippen molar-refractivity contribution in [1.82, 2.24) is 13.6 Å². The number of hydrogen-bond acceptors (Lipinski definition) is 3. The van der Waals surface area contributed by atoms with Crippen LogP contribution in [0.15, 0.2) is 24.5 Å². The van der Waals surface area contributed by atoms with Crippen molar-refractivity contribution in [2.45, 2.75) is 19.8 Å². The van der Waals surface area contributed by atoms with E-state index in [0.29, 0.717) is 26.2 Å². The van der Waals surface area contributed by atoms with Crippen molar-refractivity contribution in [3.8, 4) is 0 Å². The van der Waals surface area contributed by atoms with E-state index in [9.17, 15) is 8.42 Å². The third-order valence-corrected chi connectivity index (χ3v) is 5.33. The second-order valence-corrected chi connectivity index (χ2v) is 6.29. The lowest BCUT2D eigenvalue weighted by Gasteiger charge is -2.34. The highest BCUT2D eigenvalue weighted by Gasteiger charge is 2.31. The summed E-state index contributed by atoms with van der Waals surface area (Å²) in [5.74, 6) is 0. The van der Waals surface area contributed by atoms with Gasteiger partial charge in [0.25, 0.3) is 10.2 Å². The molecule has 1 saturated heterocycles. The lowest BCUT2D eigenvalue weighted by Crippen LogP contribution is -2.50. The molecule has 1 aromatic heterocycles. The van der Waals surface area contributed by atoms with Gasteiger partial charge in [0.05, 0.1) is 0 Å². The minimum Gasteiger partial charge on any atom is -0.265 e. The van der Waals surface area contributed by atoms with Crippen LogP contribution in [0.4, 0.5) is 0 Å². The van der Waals surface area contributed by atoms with E-state index in [1.54, 1.807) is 21.0 Å². The van der Waals surface area contributed by atoms with Gasteiger partial charge in [-0.2, -0.15) is 17.0 Å². The predicted octanol–water partition coefficient (Wildman–Crippen LogP) is 0.896. The molecule has 0 radical (unpaired) electrons. The van der Waals surface area contributed by atoms with Gasteiger partial charge < -0.3 is 0 Å². The maximum absolute atomic E-state index is 12.2. The van der Waals surface area contributed by atoms with E-state index in [1.807, 2.05) is 19.1 Å². The van der Waals surface area contributed by atoms with Crippen molar-refractivity contribution in [3.05, 3.63) is 30.1 Å². The van der Waals surface area contributed by atoms with E-state index in [2.05, 4.69) is 4.98 Å². The molecular formula is C12H19N3O2S. The van der Waals surface area contributed by atoms with Gasteiger partial charge in [0.15, 0.2) is 0 Å². The maximum atomic E-state index is 12.2. The van der Waals surface area contributed by atoms with Gasteiger partial charge in [-0.25, -0.2) is 0 Å². The fraction of sp³-hybridized carbons (Fsp3) is 0.583. The Morgan fingerprint density at radius 1 is 1.22 bits per heavy atom. The molecule has 1 aliphatic heterocycles. The molecule has 0 aromatic carbocycles. The van der Waals surface area contributed by atoms with Crippen molar-refractivity contribution >= 4 is 10.2 Å². The zero-order valence-corrected chi connectivity index (χ0v) is 11.4. The highest BCUT2D eigenvalue weighted by Crippen LogP contribution is 2.16. The molecule has 2 heterocycles. The zero-order valence-electron chi connectivity index (χ0n) is 10.6. The van der Waals surface area contributed by atoms with Gasteiger partial charge in [-0.3, -0.25) is 4.98 Å². The lowest BCUT2D eigenvalue weighted by molar-refractivity contribution is 0.291. The number of aromatic nitrogens is 1. The van der Waals surface area contributed by atoms with Crippen LogP contribution in [-0.4, -0.2) is 48.2 Å². The minimum absolute atomic E-state index is 0.544. The van der Waals surface area contributed by atoms with Crippen LogP contribution in [0.3, 0.4) is 0 Å². The first kappa shape index (κ1) is 13.5. The Morgan fingerprint density at radius 2 is 1.89 bits per heavy atom. The fourth-order valence-corrected chi connectivity index (χ4v) is 3.86. The summed E-state index contributed by atoms with van der Waals surface area (Å²) in [5.41, 5.74) is 1.12. The molecular weight excluding hydrogens is 250 g/mol. The quantitative estimate of drug-likeness (QED) is 0.816. The number of nitrogens with zero attached hydrogens (tertiary/aromatic N) is 3. The summed E-state index contributed by atoms with van der Waals surface area (Å²) in [6, 6.07) is 3.85. The molecule has 0 bridgehead atoms. The van der Waals surface area contributed by atoms with Crippen LogP contribution in [0.1, 0.15) is 18.9 Å². The molecule has 1 fully saturated rings. The van der Waals surface area contributed by atoms with Crippen molar-refractivity contribution in [1.29, 1.82) is 0 Å². The topological polar surface area (TPSA) is 53.5 Å². The lowest BCUT2D eigenvalue weighted by atomic mass is 10.2. The Hall–Kier alpha value is -0.980. The second kappa shape index (κ2) is 5.77. The number of pyridine rings is 1. The second-order valence-electron chi connectivity index (χ2n) is 4.36. The minimum atomic E-state index is -3.23. The van der Waals surface area contributed by atoms with Crippen molar-refractivity contribution in [3.63, 3.8) is 0 Å². The van der Waals surface area contributed by atoms with Gasteiger partial charge in [0.1, 0.15) is 0 Å². The van der Waals surface area contributed by atoms with E-state index in [0.717, 1.165) is 18.4 Å². The molecule has 0 N–H and O–H groups in total. The highest BCUT2D eigenvalue weighted by atomic mass is 32.2. The smallest absolute Gasteiger partial charge is 0.265 e. The summed E-state index contributed by atoms with van der Waals surface area (Å²) in [4.78, 5) is 3.95. The molecule has 6 heteroatoms. The molecule has 0 saturated carbocycles. The summed E-state index contributed by atoms with van der Waals surface area (Å²) < 4.78 is 27.5. The first-order chi connectivity index (χ1) is 8.64. The maximum Gasteiger partial charge on any atom is 0.281 e. The van der Waals surface area contributed by atoms with Gasteiger partial charge in [-0.05, 0) is 30.5 Å². The third kappa shape index (κ3) is 2.88. The van der Waals surface area contributed by atoms with Gasteiger partial charge in [-0.1, -0.05) is 6.92 Å². The van der Waals surface area contributed by atoms with Crippen LogP contribution >= 0.6 is 0 Å². The van der Waals surface area contributed by atoms with Crippen LogP contribution < -0.4 is 0 Å². The molecule has 2 rings (SSSR count). The average Bonchev–Trinajstić information content (AvgIpc) is 2.38. The Morgan fingerprint density at radius 3 is 2.56 bits per heavy atom. The van der Waals surface area contributed by atoms with Crippen LogP contribution in [-0.2, 0) is 16.6 Å². The summed E-state index contributed by atoms with van der Waals surface area (Å²) in [6.45, 7) is 4.25. The van der Waals surface area contributed by atoms with Crippen LogP contribution in [0.25, 0.3) is 0 Å². The molecule has 5 nitrogen and oxygen atoms in total. The molecule has 18 heavy (non-hydrogen) atoms. The highest BCUT2D eigenvalue weighted by molar-refractivity contribution is 7.86. The summed E-state index contributed by atoms with van der Waals surface area (Å²) in [5, 5.41) is 0. The Bertz CT molecular complexity index is 475. The monoisotopic (exact) mass is 269 g/mol. The predicted molar refractivity (Wildman–Crippen MR) is 70.3 cm³/mol. The summed E-state index contributed by atoms with van der Waals surface area (Å²) in [6.07, 6.45) is 5.11. The van der Waals surface area contributed by atoms with Gasteiger partial charge in [0.2, 0.25) is 0 Å². The van der Waals surface area contributed by atoms with E-state index in [1.165, 1.54) is 0 Å². The van der Waals surface area contributed by atoms with Gasteiger partial charge in [0, 0.05) is 38.6 Å². The average molecular weight is 269 g/mol. The van der Waals surface area contributed by atoms with E-state index < -0.39 is 10.2 Å². The van der Waals surface area contributed by atoms with Crippen LogP contribution in [0.5, 0.6) is 0 Å². The zero-order chi connectivity index (χ0) is 13.0. The van der Waals surface area contributed by atoms with Gasteiger partial charge >= 0.3 is 0 Å². The normalized spacial score (nSPS) is 20.9. The number of hydrogen-bond donors (Lipinski definition) is 0. The number of rotatable bonds is 4. The standard InChI is InChI=1S/C12H19N3O2S/c1-2-14-9-3-10-15(18(14,16)17)11-6-12-4-7-13-8-5-12/h4-5,7-8H,2-3,6,9-11H2,1H3. The van der Waals surface area contributed by atoms with Gasteiger partial charge in [-0.15, -0.1) is 0 Å². The molecule has 0 atom stereocenters. The molecule has 0 unspecified atom stereocenters. The first-order valence-electron chi connectivity index (χ1n) is 6.28. The first-order valence-corrected chi connectivity index (χ1v) is 7.68. The Kier molecular flexibility index (Phi) is 4.31. The summed E-state index contributed by atoms with van der Waals surface area (Å²) in [7, 11) is -3.23. The SMILES string of the molecule is CCN1CCCN(CCc2ccncc2)S1(=O)=O. The van der Waals surface area contributed by atoms with Crippen LogP contribution in [0.2, 0.25) is 0 Å². The molecule has 0 aliphatic carbocycles. The van der Waals surface area contributed by atoms with Crippen molar-refractivity contribution in [2.75, 3.05) is 26.2 Å². The molecule has 100 valence electrons. The molecule has 1 aliphatic rings. The molecule has 0 amide bonds. The largest absolute Gasteiger partial charge is 0.281 e. The van der Waals surface area contributed by atoms with E-state index >= 15 is 0 Å². The van der Waals surface area contributed by atoms with E-state index in [4.69, 9.17) is 0 Å². The fourth-order valence-electron chi connectivity index (χ4n) is 2.17. The van der Waals surface area contributed by atoms with E-state index in [-0.39, 0.29) is 0 Å². The Balaban J connectivity index is 2.01. The Labute approximate surface area is 109 Å². The van der Waals surface area contributed by atoms with Crippen LogP contribution in [0, 0.1) is 0 Å². The molecule has 1 aromatic rings. The van der Waals surface area contributed by atoms with Crippen molar-refractivity contribution in [2.24, 2.45) is 0 Å². The summed E-state index contributed by atoms with van der Waals surface area (Å²) >= 11 is 0. The third-order valence-electron chi connectivity index (χ3n) is 3.22. The molecule has 0 spiro atoms.